The first-order valence-corrected chi connectivity index (χ1v) is 6.74. The van der Waals surface area contributed by atoms with Crippen molar-refractivity contribution in [2.45, 2.75) is 13.8 Å². The molecule has 18 heavy (non-hydrogen) atoms. The Balaban J connectivity index is 2.51. The van der Waals surface area contributed by atoms with Crippen molar-refractivity contribution < 1.29 is 4.79 Å². The lowest BCUT2D eigenvalue weighted by Gasteiger charge is -2.09. The van der Waals surface area contributed by atoms with E-state index in [4.69, 9.17) is 5.73 Å². The molecule has 2 aromatic carbocycles. The number of carbonyl (C=O) groups is 1. The van der Waals surface area contributed by atoms with Gasteiger partial charge in [-0.3, -0.25) is 4.79 Å². The second kappa shape index (κ2) is 5.10. The van der Waals surface area contributed by atoms with Gasteiger partial charge >= 0.3 is 0 Å². The van der Waals surface area contributed by atoms with Gasteiger partial charge in [-0.2, -0.15) is 0 Å². The lowest BCUT2D eigenvalue weighted by Crippen LogP contribution is -2.07. The number of nitrogens with two attached hydrogens (primary N) is 1. The van der Waals surface area contributed by atoms with Gasteiger partial charge in [-0.25, -0.2) is 0 Å². The van der Waals surface area contributed by atoms with Crippen molar-refractivity contribution in [3.8, 4) is 0 Å². The molecule has 0 fully saturated rings. The zero-order valence-electron chi connectivity index (χ0n) is 10.3. The molecule has 0 unspecified atom stereocenters. The molecule has 0 aliphatic heterocycles. The Morgan fingerprint density at radius 2 is 1.78 bits per heavy atom. The molecule has 0 saturated heterocycles. The van der Waals surface area contributed by atoms with Gasteiger partial charge in [0.05, 0.1) is 0 Å². The molecule has 0 aromatic heterocycles. The Hall–Kier alpha value is -1.36. The largest absolute Gasteiger partial charge is 0.399 e. The average molecular weight is 351 g/mol. The fraction of sp³-hybridized carbons (Fsp3) is 0.133. The molecular formula is C15H14INO. The van der Waals surface area contributed by atoms with Gasteiger partial charge in [-0.05, 0) is 71.8 Å². The summed E-state index contributed by atoms with van der Waals surface area (Å²) in [6, 6.07) is 11.2. The number of halogens is 1. The molecule has 0 radical (unpaired) electrons. The average Bonchev–Trinajstić information content (AvgIpc) is 2.32. The van der Waals surface area contributed by atoms with E-state index in [2.05, 4.69) is 22.6 Å². The zero-order chi connectivity index (χ0) is 13.3. The van der Waals surface area contributed by atoms with Crippen LogP contribution in [-0.2, 0) is 0 Å². The second-order valence-corrected chi connectivity index (χ2v) is 5.42. The van der Waals surface area contributed by atoms with Crippen LogP contribution >= 0.6 is 22.6 Å². The molecule has 2 rings (SSSR count). The van der Waals surface area contributed by atoms with Crippen molar-refractivity contribution in [2.24, 2.45) is 0 Å². The van der Waals surface area contributed by atoms with Crippen LogP contribution in [0, 0.1) is 17.4 Å². The topological polar surface area (TPSA) is 43.1 Å². The molecule has 0 aliphatic rings. The minimum Gasteiger partial charge on any atom is -0.399 e. The summed E-state index contributed by atoms with van der Waals surface area (Å²) in [5.41, 5.74) is 9.89. The predicted molar refractivity (Wildman–Crippen MR) is 82.9 cm³/mol. The third-order valence-corrected chi connectivity index (χ3v) is 4.36. The SMILES string of the molecule is Cc1cc(N)ccc1C(=O)c1cccc(C)c1I. The van der Waals surface area contributed by atoms with Crippen LogP contribution in [0.5, 0.6) is 0 Å². The first-order valence-electron chi connectivity index (χ1n) is 5.66. The number of rotatable bonds is 2. The predicted octanol–water partition coefficient (Wildman–Crippen LogP) is 3.72. The molecule has 0 atom stereocenters. The number of carbonyl (C=O) groups excluding carboxylic acids is 1. The van der Waals surface area contributed by atoms with E-state index in [1.807, 2.05) is 38.1 Å². The standard InChI is InChI=1S/C15H14INO/c1-9-4-3-5-13(14(9)16)15(18)12-7-6-11(17)8-10(12)2/h3-8H,17H2,1-2H3. The van der Waals surface area contributed by atoms with Crippen LogP contribution in [0.15, 0.2) is 36.4 Å². The van der Waals surface area contributed by atoms with E-state index < -0.39 is 0 Å². The number of aryl methyl sites for hydroxylation is 2. The first kappa shape index (κ1) is 13.1. The maximum absolute atomic E-state index is 12.5. The molecule has 0 aliphatic carbocycles. The lowest BCUT2D eigenvalue weighted by atomic mass is 9.98. The first-order chi connectivity index (χ1) is 8.50. The van der Waals surface area contributed by atoms with Gasteiger partial charge in [0.2, 0.25) is 0 Å². The minimum absolute atomic E-state index is 0.0561. The molecule has 0 spiro atoms. The van der Waals surface area contributed by atoms with Crippen molar-refractivity contribution in [1.29, 1.82) is 0 Å². The molecule has 2 nitrogen and oxygen atoms in total. The highest BCUT2D eigenvalue weighted by atomic mass is 127. The summed E-state index contributed by atoms with van der Waals surface area (Å²) in [7, 11) is 0. The summed E-state index contributed by atoms with van der Waals surface area (Å²) in [6.07, 6.45) is 0. The third-order valence-electron chi connectivity index (χ3n) is 2.93. The molecule has 92 valence electrons. The van der Waals surface area contributed by atoms with Crippen LogP contribution in [0.2, 0.25) is 0 Å². The van der Waals surface area contributed by atoms with Crippen LogP contribution in [0.1, 0.15) is 27.0 Å². The van der Waals surface area contributed by atoms with Gasteiger partial charge in [0.15, 0.2) is 5.78 Å². The van der Waals surface area contributed by atoms with Crippen LogP contribution < -0.4 is 5.73 Å². The van der Waals surface area contributed by atoms with Crippen molar-refractivity contribution in [3.05, 3.63) is 62.2 Å². The maximum Gasteiger partial charge on any atom is 0.194 e. The summed E-state index contributed by atoms with van der Waals surface area (Å²) in [6.45, 7) is 3.92. The Morgan fingerprint density at radius 1 is 1.06 bits per heavy atom. The van der Waals surface area contributed by atoms with Gasteiger partial charge in [0.1, 0.15) is 0 Å². The van der Waals surface area contributed by atoms with Gasteiger partial charge in [-0.1, -0.05) is 12.1 Å². The monoisotopic (exact) mass is 351 g/mol. The maximum atomic E-state index is 12.5. The van der Waals surface area contributed by atoms with E-state index in [9.17, 15) is 4.79 Å². The highest BCUT2D eigenvalue weighted by Crippen LogP contribution is 2.22. The highest BCUT2D eigenvalue weighted by molar-refractivity contribution is 14.1. The van der Waals surface area contributed by atoms with Gasteiger partial charge in [0.25, 0.3) is 0 Å². The molecule has 3 heteroatoms. The fourth-order valence-corrected chi connectivity index (χ4v) is 2.51. The van der Waals surface area contributed by atoms with Crippen LogP contribution in [-0.4, -0.2) is 5.78 Å². The van der Waals surface area contributed by atoms with Gasteiger partial charge in [0, 0.05) is 20.4 Å². The van der Waals surface area contributed by atoms with E-state index in [0.717, 1.165) is 20.3 Å². The summed E-state index contributed by atoms with van der Waals surface area (Å²) >= 11 is 2.22. The molecule has 0 amide bonds. The molecule has 2 aromatic rings. The molecule has 0 bridgehead atoms. The van der Waals surface area contributed by atoms with E-state index in [1.165, 1.54) is 0 Å². The van der Waals surface area contributed by atoms with Crippen LogP contribution in [0.3, 0.4) is 0 Å². The van der Waals surface area contributed by atoms with Crippen LogP contribution in [0.25, 0.3) is 0 Å². The molecule has 0 heterocycles. The Morgan fingerprint density at radius 3 is 2.44 bits per heavy atom. The van der Waals surface area contributed by atoms with Crippen LogP contribution in [0.4, 0.5) is 5.69 Å². The van der Waals surface area contributed by atoms with Crippen molar-refractivity contribution in [1.82, 2.24) is 0 Å². The number of nitrogen functional groups attached to an aromatic ring is 1. The summed E-state index contributed by atoms with van der Waals surface area (Å²) < 4.78 is 1.01. The lowest BCUT2D eigenvalue weighted by molar-refractivity contribution is 0.103. The quantitative estimate of drug-likeness (QED) is 0.509. The molecule has 0 saturated carbocycles. The Bertz CT molecular complexity index is 620. The Kier molecular flexibility index (Phi) is 3.71. The highest BCUT2D eigenvalue weighted by Gasteiger charge is 2.15. The van der Waals surface area contributed by atoms with Gasteiger partial charge in [-0.15, -0.1) is 0 Å². The summed E-state index contributed by atoms with van der Waals surface area (Å²) in [5, 5.41) is 0. The number of anilines is 1. The minimum atomic E-state index is 0.0561. The van der Waals surface area contributed by atoms with Crippen molar-refractivity contribution in [3.63, 3.8) is 0 Å². The second-order valence-electron chi connectivity index (χ2n) is 4.34. The zero-order valence-corrected chi connectivity index (χ0v) is 12.5. The number of ketones is 1. The number of hydrogen-bond acceptors (Lipinski definition) is 2. The van der Waals surface area contributed by atoms with E-state index in [0.29, 0.717) is 11.3 Å². The normalized spacial score (nSPS) is 10.4. The Labute approximate surface area is 120 Å². The van der Waals surface area contributed by atoms with Crippen molar-refractivity contribution in [2.75, 3.05) is 5.73 Å². The molecular weight excluding hydrogens is 337 g/mol. The smallest absolute Gasteiger partial charge is 0.194 e. The number of benzene rings is 2. The van der Waals surface area contributed by atoms with Crippen molar-refractivity contribution >= 4 is 34.1 Å². The van der Waals surface area contributed by atoms with E-state index in [1.54, 1.807) is 12.1 Å². The fourth-order valence-electron chi connectivity index (χ4n) is 1.91. The summed E-state index contributed by atoms with van der Waals surface area (Å²) in [4.78, 5) is 12.5. The number of hydrogen-bond donors (Lipinski definition) is 1. The van der Waals surface area contributed by atoms with E-state index in [-0.39, 0.29) is 5.78 Å². The summed E-state index contributed by atoms with van der Waals surface area (Å²) in [5.74, 6) is 0.0561. The van der Waals surface area contributed by atoms with E-state index >= 15 is 0 Å². The van der Waals surface area contributed by atoms with Gasteiger partial charge < -0.3 is 5.73 Å². The molecule has 2 N–H and O–H groups in total. The third kappa shape index (κ3) is 2.41.